The number of ether oxygens (including phenoxy) is 3. The molecule has 1 atom stereocenters. The van der Waals surface area contributed by atoms with Crippen LogP contribution < -0.4 is 19.5 Å². The molecule has 8 heteroatoms. The van der Waals surface area contributed by atoms with Gasteiger partial charge in [-0.2, -0.15) is 0 Å². The summed E-state index contributed by atoms with van der Waals surface area (Å²) in [5.41, 5.74) is 3.13. The molecule has 1 unspecified atom stereocenters. The number of anilines is 1. The van der Waals surface area contributed by atoms with Crippen molar-refractivity contribution in [1.29, 1.82) is 0 Å². The third-order valence-electron chi connectivity index (χ3n) is 4.85. The molecule has 0 saturated carbocycles. The molecule has 31 heavy (non-hydrogen) atoms. The average Bonchev–Trinajstić information content (AvgIpc) is 3.21. The van der Waals surface area contributed by atoms with Gasteiger partial charge in [0.15, 0.2) is 23.3 Å². The average molecular weight is 425 g/mol. The summed E-state index contributed by atoms with van der Waals surface area (Å²) in [5, 5.41) is 10.5. The van der Waals surface area contributed by atoms with Crippen LogP contribution in [0.25, 0.3) is 11.3 Å². The Bertz CT molecular complexity index is 1060. The third-order valence-corrected chi connectivity index (χ3v) is 4.85. The molecule has 3 rings (SSSR count). The van der Waals surface area contributed by atoms with Gasteiger partial charge >= 0.3 is 0 Å². The topological polar surface area (TPSA) is 95.7 Å². The first-order chi connectivity index (χ1) is 14.8. The minimum absolute atomic E-state index is 0.195. The van der Waals surface area contributed by atoms with Crippen molar-refractivity contribution >= 4 is 11.7 Å². The maximum absolute atomic E-state index is 12.8. The number of carbonyl (C=O) groups excluding carboxylic acids is 1. The molecule has 0 aliphatic carbocycles. The largest absolute Gasteiger partial charge is 0.493 e. The highest BCUT2D eigenvalue weighted by molar-refractivity contribution is 5.96. The molecule has 0 aliphatic rings. The zero-order valence-corrected chi connectivity index (χ0v) is 18.6. The Morgan fingerprint density at radius 2 is 1.71 bits per heavy atom. The van der Waals surface area contributed by atoms with Crippen molar-refractivity contribution < 1.29 is 23.6 Å². The van der Waals surface area contributed by atoms with Crippen LogP contribution in [0.5, 0.6) is 17.2 Å². The van der Waals surface area contributed by atoms with E-state index in [2.05, 4.69) is 29.5 Å². The molecule has 0 fully saturated rings. The van der Waals surface area contributed by atoms with E-state index in [4.69, 9.17) is 18.8 Å². The van der Waals surface area contributed by atoms with Crippen LogP contribution >= 0.6 is 0 Å². The van der Waals surface area contributed by atoms with Gasteiger partial charge in [-0.15, -0.1) is 0 Å². The fourth-order valence-corrected chi connectivity index (χ4v) is 3.13. The van der Waals surface area contributed by atoms with Gasteiger partial charge in [0.05, 0.1) is 14.2 Å². The molecule has 164 valence electrons. The fraction of sp³-hybridized carbons (Fsp3) is 0.348. The van der Waals surface area contributed by atoms with Crippen molar-refractivity contribution in [1.82, 2.24) is 10.3 Å². The number of hydrogen-bond donors (Lipinski definition) is 1. The van der Waals surface area contributed by atoms with Crippen molar-refractivity contribution in [3.8, 4) is 28.5 Å². The van der Waals surface area contributed by atoms with E-state index in [0.29, 0.717) is 28.5 Å². The molecule has 1 N–H and O–H groups in total. The number of nitrogens with one attached hydrogen (secondary N) is 1. The maximum atomic E-state index is 12.8. The monoisotopic (exact) mass is 425 g/mol. The van der Waals surface area contributed by atoms with Crippen molar-refractivity contribution in [3.05, 3.63) is 47.5 Å². The number of aryl methyl sites for hydroxylation is 1. The van der Waals surface area contributed by atoms with Crippen LogP contribution in [0.1, 0.15) is 37.8 Å². The molecule has 1 aromatic heterocycles. The van der Waals surface area contributed by atoms with Crippen LogP contribution in [0.15, 0.2) is 41.0 Å². The van der Waals surface area contributed by atoms with Crippen LogP contribution in [-0.2, 0) is 4.79 Å². The van der Waals surface area contributed by atoms with E-state index >= 15 is 0 Å². The van der Waals surface area contributed by atoms with E-state index < -0.39 is 6.10 Å². The molecular weight excluding hydrogens is 398 g/mol. The Labute approximate surface area is 181 Å². The van der Waals surface area contributed by atoms with Crippen LogP contribution in [0.4, 0.5) is 5.82 Å². The standard InChI is InChI=1S/C23H27N3O5/c1-13(2)17-9-7-14(3)11-19(17)30-15(4)23(27)24-22-21(25-31-26-22)16-8-10-18(28-5)20(12-16)29-6/h7-13,15H,1-6H3,(H,24,26,27). The predicted molar refractivity (Wildman–Crippen MR) is 117 cm³/mol. The minimum atomic E-state index is -0.755. The van der Waals surface area contributed by atoms with E-state index in [0.717, 1.165) is 11.1 Å². The Hall–Kier alpha value is -3.55. The first-order valence-electron chi connectivity index (χ1n) is 9.97. The molecule has 0 saturated heterocycles. The fourth-order valence-electron chi connectivity index (χ4n) is 3.13. The van der Waals surface area contributed by atoms with Crippen LogP contribution in [-0.4, -0.2) is 36.5 Å². The van der Waals surface area contributed by atoms with E-state index in [1.807, 2.05) is 25.1 Å². The molecule has 0 spiro atoms. The smallest absolute Gasteiger partial charge is 0.266 e. The van der Waals surface area contributed by atoms with Gasteiger partial charge in [0, 0.05) is 5.56 Å². The van der Waals surface area contributed by atoms with Gasteiger partial charge in [-0.25, -0.2) is 4.63 Å². The highest BCUT2D eigenvalue weighted by atomic mass is 16.6. The van der Waals surface area contributed by atoms with Gasteiger partial charge in [-0.3, -0.25) is 4.79 Å². The number of nitrogens with zero attached hydrogens (tertiary/aromatic N) is 2. The summed E-state index contributed by atoms with van der Waals surface area (Å²) in [4.78, 5) is 12.8. The summed E-state index contributed by atoms with van der Waals surface area (Å²) in [5.74, 6) is 1.89. The lowest BCUT2D eigenvalue weighted by Gasteiger charge is -2.19. The zero-order valence-electron chi connectivity index (χ0n) is 18.6. The number of benzene rings is 2. The quantitative estimate of drug-likeness (QED) is 0.564. The summed E-state index contributed by atoms with van der Waals surface area (Å²) >= 11 is 0. The Morgan fingerprint density at radius 1 is 0.968 bits per heavy atom. The second-order valence-electron chi connectivity index (χ2n) is 7.48. The number of aromatic nitrogens is 2. The molecule has 3 aromatic rings. The summed E-state index contributed by atoms with van der Waals surface area (Å²) in [7, 11) is 3.10. The lowest BCUT2D eigenvalue weighted by molar-refractivity contribution is -0.122. The first-order valence-corrected chi connectivity index (χ1v) is 9.97. The second kappa shape index (κ2) is 9.51. The number of rotatable bonds is 8. The van der Waals surface area contributed by atoms with Gasteiger partial charge < -0.3 is 19.5 Å². The SMILES string of the molecule is COc1ccc(-c2nonc2NC(=O)C(C)Oc2cc(C)ccc2C(C)C)cc1OC. The van der Waals surface area contributed by atoms with E-state index in [1.54, 1.807) is 39.3 Å². The second-order valence-corrected chi connectivity index (χ2v) is 7.48. The molecular formula is C23H27N3O5. The zero-order chi connectivity index (χ0) is 22.5. The molecule has 0 bridgehead atoms. The molecule has 0 radical (unpaired) electrons. The van der Waals surface area contributed by atoms with Crippen molar-refractivity contribution in [2.75, 3.05) is 19.5 Å². The minimum Gasteiger partial charge on any atom is -0.493 e. The van der Waals surface area contributed by atoms with Crippen LogP contribution in [0.3, 0.4) is 0 Å². The Kier molecular flexibility index (Phi) is 6.79. The molecule has 8 nitrogen and oxygen atoms in total. The highest BCUT2D eigenvalue weighted by Gasteiger charge is 2.22. The predicted octanol–water partition coefficient (Wildman–Crippen LogP) is 4.59. The summed E-state index contributed by atoms with van der Waals surface area (Å²) in [6.07, 6.45) is -0.755. The number of amides is 1. The Morgan fingerprint density at radius 3 is 2.39 bits per heavy atom. The van der Waals surface area contributed by atoms with E-state index in [-0.39, 0.29) is 17.6 Å². The van der Waals surface area contributed by atoms with Gasteiger partial charge in [-0.05, 0) is 65.5 Å². The van der Waals surface area contributed by atoms with Crippen molar-refractivity contribution in [3.63, 3.8) is 0 Å². The highest BCUT2D eigenvalue weighted by Crippen LogP contribution is 2.34. The van der Waals surface area contributed by atoms with Crippen molar-refractivity contribution in [2.24, 2.45) is 0 Å². The van der Waals surface area contributed by atoms with Gasteiger partial charge in [0.1, 0.15) is 5.75 Å². The van der Waals surface area contributed by atoms with E-state index in [1.165, 1.54) is 0 Å². The molecule has 2 aromatic carbocycles. The molecule has 0 aliphatic heterocycles. The van der Waals surface area contributed by atoms with Crippen molar-refractivity contribution in [2.45, 2.75) is 39.7 Å². The lowest BCUT2D eigenvalue weighted by Crippen LogP contribution is -2.30. The Balaban J connectivity index is 1.78. The third kappa shape index (κ3) is 4.96. The summed E-state index contributed by atoms with van der Waals surface area (Å²) < 4.78 is 21.4. The van der Waals surface area contributed by atoms with Gasteiger partial charge in [0.2, 0.25) is 5.82 Å². The first kappa shape index (κ1) is 22.1. The number of carbonyl (C=O) groups is 1. The van der Waals surface area contributed by atoms with Crippen LogP contribution in [0.2, 0.25) is 0 Å². The normalized spacial score (nSPS) is 11.8. The number of hydrogen-bond acceptors (Lipinski definition) is 7. The number of methoxy groups -OCH3 is 2. The molecule has 1 heterocycles. The summed E-state index contributed by atoms with van der Waals surface area (Å²) in [6.45, 7) is 7.83. The molecule has 1 amide bonds. The van der Waals surface area contributed by atoms with E-state index in [9.17, 15) is 4.79 Å². The van der Waals surface area contributed by atoms with Crippen LogP contribution in [0, 0.1) is 6.92 Å². The summed E-state index contributed by atoms with van der Waals surface area (Å²) in [6, 6.07) is 11.2. The van der Waals surface area contributed by atoms with Gasteiger partial charge in [-0.1, -0.05) is 26.0 Å². The lowest BCUT2D eigenvalue weighted by atomic mass is 10.0. The van der Waals surface area contributed by atoms with Gasteiger partial charge in [0.25, 0.3) is 5.91 Å². The maximum Gasteiger partial charge on any atom is 0.266 e.